The number of imidazole rings is 1. The predicted octanol–water partition coefficient (Wildman–Crippen LogP) is 1.72. The minimum atomic E-state index is -1.16. The maximum absolute atomic E-state index is 12.7. The third-order valence-electron chi connectivity index (χ3n) is 6.59. The number of nitrogens with zero attached hydrogens (tertiary/aromatic N) is 3. The number of carbonyl (C=O) groups excluding carboxylic acids is 2. The fourth-order valence-electron chi connectivity index (χ4n) is 5.10. The van der Waals surface area contributed by atoms with Gasteiger partial charge in [-0.1, -0.05) is 60.4 Å². The van der Waals surface area contributed by atoms with E-state index in [0.29, 0.717) is 11.3 Å². The summed E-state index contributed by atoms with van der Waals surface area (Å²) >= 11 is 2.99. The Morgan fingerprint density at radius 3 is 2.63 bits per heavy atom. The Kier molecular flexibility index (Phi) is 5.94. The summed E-state index contributed by atoms with van der Waals surface area (Å²) in [5, 5.41) is 20.9. The number of β-lactam (4-membered cyclic amide) rings is 1. The first-order valence-electron chi connectivity index (χ1n) is 11.2. The molecule has 0 radical (unpaired) electrons. The SMILES string of the molecule is C[C@@H](O)[C@H]1C(=O)N2C(C(=O)O)=C(c3cn4c[n+](CC(N)=O)c(SCc5ccccc5)c4s3)[C@H](C)[C@H]12. The second-order valence-electron chi connectivity index (χ2n) is 8.92. The van der Waals surface area contributed by atoms with Crippen molar-refractivity contribution in [2.75, 3.05) is 0 Å². The topological polar surface area (TPSA) is 129 Å². The van der Waals surface area contributed by atoms with E-state index in [2.05, 4.69) is 0 Å². The summed E-state index contributed by atoms with van der Waals surface area (Å²) in [5.74, 6) is -2.15. The number of aliphatic hydroxyl groups excluding tert-OH is 1. The molecule has 1 saturated heterocycles. The number of hydrogen-bond acceptors (Lipinski definition) is 6. The third-order valence-corrected chi connectivity index (χ3v) is 9.04. The van der Waals surface area contributed by atoms with Crippen molar-refractivity contribution in [2.24, 2.45) is 17.6 Å². The van der Waals surface area contributed by atoms with Crippen molar-refractivity contribution in [2.45, 2.75) is 43.3 Å². The fourth-order valence-corrected chi connectivity index (χ4v) is 7.58. The smallest absolute Gasteiger partial charge is 0.352 e. The van der Waals surface area contributed by atoms with Gasteiger partial charge in [-0.05, 0) is 12.5 Å². The summed E-state index contributed by atoms with van der Waals surface area (Å²) in [6.45, 7) is 3.49. The second-order valence-corrected chi connectivity index (χ2v) is 10.9. The molecular weight excluding hydrogens is 488 g/mol. The number of fused-ring (bicyclic) bond motifs is 2. The van der Waals surface area contributed by atoms with E-state index in [1.165, 1.54) is 16.2 Å². The molecule has 1 fully saturated rings. The van der Waals surface area contributed by atoms with Gasteiger partial charge in [0.2, 0.25) is 15.8 Å². The van der Waals surface area contributed by atoms with Crippen LogP contribution in [0, 0.1) is 11.8 Å². The Labute approximate surface area is 209 Å². The van der Waals surface area contributed by atoms with Crippen LogP contribution < -0.4 is 10.3 Å². The fraction of sp³-hybridized carbons (Fsp3) is 0.333. The number of primary amides is 1. The molecule has 0 bridgehead atoms. The molecule has 4 atom stereocenters. The average molecular weight is 514 g/mol. The molecule has 2 aliphatic rings. The Morgan fingerprint density at radius 1 is 1.29 bits per heavy atom. The van der Waals surface area contributed by atoms with Gasteiger partial charge in [-0.2, -0.15) is 4.40 Å². The van der Waals surface area contributed by atoms with Crippen LogP contribution in [-0.2, 0) is 26.7 Å². The number of rotatable bonds is 8. The number of amides is 2. The first-order chi connectivity index (χ1) is 16.7. The van der Waals surface area contributed by atoms with Crippen molar-refractivity contribution >= 4 is 51.3 Å². The van der Waals surface area contributed by atoms with E-state index in [4.69, 9.17) is 5.73 Å². The molecule has 11 heteroatoms. The highest BCUT2D eigenvalue weighted by Crippen LogP contribution is 2.51. The number of aromatic nitrogens is 2. The minimum absolute atomic E-state index is 0.0163. The van der Waals surface area contributed by atoms with E-state index in [1.54, 1.807) is 29.6 Å². The van der Waals surface area contributed by atoms with Gasteiger partial charge in [-0.15, -0.1) is 0 Å². The van der Waals surface area contributed by atoms with Crippen LogP contribution in [0.1, 0.15) is 24.3 Å². The number of carbonyl (C=O) groups is 3. The zero-order chi connectivity index (χ0) is 25.0. The van der Waals surface area contributed by atoms with Gasteiger partial charge in [-0.3, -0.25) is 9.59 Å². The van der Waals surface area contributed by atoms with Gasteiger partial charge in [-0.25, -0.2) is 9.36 Å². The predicted molar refractivity (Wildman–Crippen MR) is 130 cm³/mol. The molecule has 2 aromatic heterocycles. The molecule has 2 aliphatic heterocycles. The molecule has 5 rings (SSSR count). The lowest BCUT2D eigenvalue weighted by Crippen LogP contribution is -2.63. The summed E-state index contributed by atoms with van der Waals surface area (Å²) in [5.41, 5.74) is 7.18. The first-order valence-corrected chi connectivity index (χ1v) is 13.0. The van der Waals surface area contributed by atoms with Crippen molar-refractivity contribution < 1.29 is 29.2 Å². The normalized spacial score (nSPS) is 22.4. The Morgan fingerprint density at radius 2 is 2.00 bits per heavy atom. The highest BCUT2D eigenvalue weighted by Gasteiger charge is 2.60. The van der Waals surface area contributed by atoms with Gasteiger partial charge in [0.1, 0.15) is 11.9 Å². The standard InChI is InChI=1S/C24H24N4O5S2/c1-12-17(20(24(32)33)28-19(12)18(13(2)29)21(28)31)15-8-26-11-27(9-16(25)30)22(23(26)35-15)34-10-14-6-4-3-5-7-14/h3-8,11-13,18-19,29H,9-10H2,1-2H3,(H2-,25,30,32,33)/p+1/t12-,13+,18+,19+/m0/s1. The molecular formula is C24H25N4O5S2+. The lowest BCUT2D eigenvalue weighted by Gasteiger charge is -2.46. The maximum Gasteiger partial charge on any atom is 0.352 e. The van der Waals surface area contributed by atoms with Crippen molar-refractivity contribution in [3.05, 3.63) is 59.0 Å². The molecule has 182 valence electrons. The first kappa shape index (κ1) is 23.6. The van der Waals surface area contributed by atoms with Gasteiger partial charge in [0.15, 0.2) is 6.54 Å². The quantitative estimate of drug-likeness (QED) is 0.239. The van der Waals surface area contributed by atoms with Crippen LogP contribution in [0.25, 0.3) is 10.4 Å². The number of benzene rings is 1. The molecule has 4 heterocycles. The third kappa shape index (κ3) is 3.83. The molecule has 2 amide bonds. The second kappa shape index (κ2) is 8.81. The van der Waals surface area contributed by atoms with Crippen LogP contribution in [0.15, 0.2) is 53.6 Å². The number of aliphatic carboxylic acids is 1. The zero-order valence-electron chi connectivity index (χ0n) is 19.1. The Bertz CT molecular complexity index is 1380. The summed E-state index contributed by atoms with van der Waals surface area (Å²) in [6.07, 6.45) is 2.77. The van der Waals surface area contributed by atoms with Crippen LogP contribution >= 0.6 is 23.1 Å². The van der Waals surface area contributed by atoms with Crippen molar-refractivity contribution in [1.29, 1.82) is 0 Å². The van der Waals surface area contributed by atoms with Crippen LogP contribution in [0.2, 0.25) is 0 Å². The number of hydrogen-bond donors (Lipinski definition) is 3. The summed E-state index contributed by atoms with van der Waals surface area (Å²) in [4.78, 5) is 39.5. The molecule has 0 saturated carbocycles. The van der Waals surface area contributed by atoms with Crippen molar-refractivity contribution in [3.8, 4) is 0 Å². The molecule has 3 aromatic rings. The molecule has 35 heavy (non-hydrogen) atoms. The van der Waals surface area contributed by atoms with Crippen LogP contribution in [0.4, 0.5) is 0 Å². The molecule has 0 spiro atoms. The highest BCUT2D eigenvalue weighted by molar-refractivity contribution is 7.98. The molecule has 9 nitrogen and oxygen atoms in total. The van der Waals surface area contributed by atoms with Crippen LogP contribution in [0.3, 0.4) is 0 Å². The molecule has 0 aliphatic carbocycles. The van der Waals surface area contributed by atoms with Gasteiger partial charge in [0.25, 0.3) is 12.2 Å². The lowest BCUT2D eigenvalue weighted by atomic mass is 9.77. The number of nitrogens with two attached hydrogens (primary N) is 1. The number of aliphatic hydroxyl groups is 1. The van der Waals surface area contributed by atoms with Crippen LogP contribution in [-0.4, -0.2) is 49.4 Å². The number of thioether (sulfide) groups is 1. The monoisotopic (exact) mass is 513 g/mol. The van der Waals surface area contributed by atoms with Crippen molar-refractivity contribution in [3.63, 3.8) is 0 Å². The molecule has 1 aromatic carbocycles. The average Bonchev–Trinajstić information content (AvgIpc) is 3.40. The number of carboxylic acids is 1. The van der Waals surface area contributed by atoms with Gasteiger partial charge in [0.05, 0.1) is 22.9 Å². The number of thiazole rings is 1. The summed E-state index contributed by atoms with van der Waals surface area (Å²) < 4.78 is 3.68. The summed E-state index contributed by atoms with van der Waals surface area (Å²) in [7, 11) is 0. The van der Waals surface area contributed by atoms with E-state index in [1.807, 2.05) is 47.9 Å². The Balaban J connectivity index is 1.56. The maximum atomic E-state index is 12.7. The van der Waals surface area contributed by atoms with Crippen LogP contribution in [0.5, 0.6) is 0 Å². The van der Waals surface area contributed by atoms with Gasteiger partial charge >= 0.3 is 5.97 Å². The summed E-state index contributed by atoms with van der Waals surface area (Å²) in [6, 6.07) is 9.58. The lowest BCUT2D eigenvalue weighted by molar-refractivity contribution is -0.717. The Hall–Kier alpha value is -3.15. The minimum Gasteiger partial charge on any atom is -0.477 e. The van der Waals surface area contributed by atoms with Gasteiger partial charge in [0, 0.05) is 17.2 Å². The van der Waals surface area contributed by atoms with E-state index in [-0.39, 0.29) is 30.1 Å². The van der Waals surface area contributed by atoms with E-state index >= 15 is 0 Å². The molecule has 0 unspecified atom stereocenters. The van der Waals surface area contributed by atoms with E-state index in [0.717, 1.165) is 20.3 Å². The largest absolute Gasteiger partial charge is 0.477 e. The van der Waals surface area contributed by atoms with E-state index < -0.39 is 23.9 Å². The number of carboxylic acid groups (broad SMARTS) is 1. The van der Waals surface area contributed by atoms with Crippen molar-refractivity contribution in [1.82, 2.24) is 9.30 Å². The zero-order valence-corrected chi connectivity index (χ0v) is 20.8. The van der Waals surface area contributed by atoms with Gasteiger partial charge < -0.3 is 20.8 Å². The highest BCUT2D eigenvalue weighted by atomic mass is 32.2. The van der Waals surface area contributed by atoms with E-state index in [9.17, 15) is 24.6 Å². The molecule has 4 N–H and O–H groups in total.